The molecule has 0 saturated heterocycles. The summed E-state index contributed by atoms with van der Waals surface area (Å²) in [5.41, 5.74) is 2.23. The van der Waals surface area contributed by atoms with E-state index in [1.54, 1.807) is 0 Å². The van der Waals surface area contributed by atoms with Crippen molar-refractivity contribution in [2.24, 2.45) is 23.7 Å². The summed E-state index contributed by atoms with van der Waals surface area (Å²) >= 11 is 0. The van der Waals surface area contributed by atoms with Crippen molar-refractivity contribution < 1.29 is 10.2 Å². The monoisotopic (exact) mass is 377 g/mol. The van der Waals surface area contributed by atoms with E-state index < -0.39 is 11.2 Å². The molecule has 1 aromatic carbocycles. The zero-order valence-corrected chi connectivity index (χ0v) is 16.7. The van der Waals surface area contributed by atoms with Crippen molar-refractivity contribution in [3.05, 3.63) is 60.3 Å². The Kier molecular flexibility index (Phi) is 4.12. The third kappa shape index (κ3) is 2.87. The van der Waals surface area contributed by atoms with E-state index in [4.69, 9.17) is 0 Å². The lowest BCUT2D eigenvalue weighted by Gasteiger charge is -2.39. The molecule has 1 aromatic heterocycles. The molecule has 3 aliphatic carbocycles. The summed E-state index contributed by atoms with van der Waals surface area (Å²) in [7, 11) is 0. The van der Waals surface area contributed by atoms with Gasteiger partial charge in [0, 0.05) is 17.6 Å². The van der Waals surface area contributed by atoms with Crippen molar-refractivity contribution in [1.29, 1.82) is 0 Å². The van der Waals surface area contributed by atoms with Gasteiger partial charge in [0.1, 0.15) is 0 Å². The smallest absolute Gasteiger partial charge is 0.0719 e. The third-order valence-electron chi connectivity index (χ3n) is 7.93. The van der Waals surface area contributed by atoms with E-state index in [1.165, 1.54) is 16.7 Å². The van der Waals surface area contributed by atoms with Gasteiger partial charge in [-0.1, -0.05) is 42.5 Å². The SMILES string of the molecule is C=C(Cc1cc2ccccc2[nH]1)[C@@H]1C[C@H]2[C@H](CC[C@]2(C)O)[C@@]2(O)CC=C[C@@H]1C2. The average Bonchev–Trinajstić information content (AvgIpc) is 3.16. The highest BCUT2D eigenvalue weighted by atomic mass is 16.3. The summed E-state index contributed by atoms with van der Waals surface area (Å²) < 4.78 is 0. The Hall–Kier alpha value is -1.84. The molecule has 28 heavy (non-hydrogen) atoms. The quantitative estimate of drug-likeness (QED) is 0.676. The van der Waals surface area contributed by atoms with Crippen LogP contribution in [0.1, 0.15) is 44.7 Å². The van der Waals surface area contributed by atoms with E-state index in [0.717, 1.165) is 44.0 Å². The summed E-state index contributed by atoms with van der Waals surface area (Å²) in [5, 5.41) is 23.8. The van der Waals surface area contributed by atoms with Crippen molar-refractivity contribution >= 4 is 10.9 Å². The highest BCUT2D eigenvalue weighted by molar-refractivity contribution is 5.80. The van der Waals surface area contributed by atoms with Crippen LogP contribution in [-0.2, 0) is 6.42 Å². The molecule has 6 atom stereocenters. The van der Waals surface area contributed by atoms with Crippen molar-refractivity contribution in [3.8, 4) is 0 Å². The molecule has 0 radical (unpaired) electrons. The highest BCUT2D eigenvalue weighted by Gasteiger charge is 2.56. The van der Waals surface area contributed by atoms with Crippen LogP contribution in [-0.4, -0.2) is 26.4 Å². The number of aromatic amines is 1. The number of aliphatic hydroxyl groups is 2. The Morgan fingerprint density at radius 1 is 1.25 bits per heavy atom. The number of fused-ring (bicyclic) bond motifs is 5. The van der Waals surface area contributed by atoms with Gasteiger partial charge in [-0.25, -0.2) is 0 Å². The molecule has 148 valence electrons. The average molecular weight is 378 g/mol. The Labute approximate surface area is 167 Å². The molecule has 1 heterocycles. The molecule has 3 nitrogen and oxygen atoms in total. The molecular formula is C25H31NO2. The number of nitrogens with one attached hydrogen (secondary N) is 1. The van der Waals surface area contributed by atoms with Crippen LogP contribution in [0.25, 0.3) is 10.9 Å². The van der Waals surface area contributed by atoms with Gasteiger partial charge in [0.25, 0.3) is 0 Å². The van der Waals surface area contributed by atoms with Crippen LogP contribution >= 0.6 is 0 Å². The molecule has 2 saturated carbocycles. The number of rotatable bonds is 3. The molecule has 0 spiro atoms. The normalized spacial score (nSPS) is 39.7. The first-order chi connectivity index (χ1) is 13.4. The van der Waals surface area contributed by atoms with E-state index >= 15 is 0 Å². The first-order valence-electron chi connectivity index (χ1n) is 10.7. The van der Waals surface area contributed by atoms with Gasteiger partial charge in [-0.05, 0) is 80.2 Å². The number of H-pyrrole nitrogens is 1. The third-order valence-corrected chi connectivity index (χ3v) is 7.93. The largest absolute Gasteiger partial charge is 0.390 e. The maximum Gasteiger partial charge on any atom is 0.0719 e. The Morgan fingerprint density at radius 2 is 2.07 bits per heavy atom. The van der Waals surface area contributed by atoms with E-state index in [0.29, 0.717) is 11.8 Å². The minimum absolute atomic E-state index is 0.145. The molecule has 3 heteroatoms. The molecule has 2 aromatic rings. The predicted molar refractivity (Wildman–Crippen MR) is 113 cm³/mol. The molecule has 3 N–H and O–H groups in total. The van der Waals surface area contributed by atoms with Gasteiger partial charge in [0.15, 0.2) is 0 Å². The fraction of sp³-hybridized carbons (Fsp3) is 0.520. The van der Waals surface area contributed by atoms with Gasteiger partial charge in [0.05, 0.1) is 11.2 Å². The fourth-order valence-electron chi connectivity index (χ4n) is 6.44. The molecular weight excluding hydrogens is 346 g/mol. The fourth-order valence-corrected chi connectivity index (χ4v) is 6.44. The van der Waals surface area contributed by atoms with Gasteiger partial charge in [-0.15, -0.1) is 0 Å². The van der Waals surface area contributed by atoms with Crippen LogP contribution in [0.4, 0.5) is 0 Å². The number of hydrogen-bond acceptors (Lipinski definition) is 2. The molecule has 2 fully saturated rings. The number of allylic oxidation sites excluding steroid dienone is 2. The van der Waals surface area contributed by atoms with Gasteiger partial charge < -0.3 is 15.2 Å². The zero-order chi connectivity index (χ0) is 19.5. The predicted octanol–water partition coefficient (Wildman–Crippen LogP) is 4.76. The van der Waals surface area contributed by atoms with E-state index in [-0.39, 0.29) is 11.8 Å². The topological polar surface area (TPSA) is 56.2 Å². The lowest BCUT2D eigenvalue weighted by atomic mass is 9.72. The van der Waals surface area contributed by atoms with Crippen LogP contribution in [0.3, 0.4) is 0 Å². The number of aromatic nitrogens is 1. The van der Waals surface area contributed by atoms with Crippen molar-refractivity contribution in [3.63, 3.8) is 0 Å². The van der Waals surface area contributed by atoms with Crippen LogP contribution in [0.5, 0.6) is 0 Å². The molecule has 0 unspecified atom stereocenters. The summed E-state index contributed by atoms with van der Waals surface area (Å²) in [6.45, 7) is 6.47. The first-order valence-corrected chi connectivity index (χ1v) is 10.7. The molecule has 3 aliphatic rings. The molecule has 2 bridgehead atoms. The molecule has 5 rings (SSSR count). The maximum absolute atomic E-state index is 11.5. The van der Waals surface area contributed by atoms with Crippen molar-refractivity contribution in [1.82, 2.24) is 4.98 Å². The van der Waals surface area contributed by atoms with Crippen LogP contribution in [0.2, 0.25) is 0 Å². The lowest BCUT2D eigenvalue weighted by molar-refractivity contribution is -0.0668. The maximum atomic E-state index is 11.5. The zero-order valence-electron chi connectivity index (χ0n) is 16.7. The number of para-hydroxylation sites is 1. The summed E-state index contributed by atoms with van der Waals surface area (Å²) in [4.78, 5) is 3.53. The van der Waals surface area contributed by atoms with Gasteiger partial charge >= 0.3 is 0 Å². The van der Waals surface area contributed by atoms with Crippen molar-refractivity contribution in [2.75, 3.05) is 0 Å². The van der Waals surface area contributed by atoms with E-state index in [9.17, 15) is 10.2 Å². The second-order valence-electron chi connectivity index (χ2n) is 9.77. The van der Waals surface area contributed by atoms with Crippen molar-refractivity contribution in [2.45, 2.75) is 56.7 Å². The van der Waals surface area contributed by atoms with E-state index in [1.807, 2.05) is 6.92 Å². The Morgan fingerprint density at radius 3 is 2.89 bits per heavy atom. The Bertz CT molecular complexity index is 906. The highest BCUT2D eigenvalue weighted by Crippen LogP contribution is 2.56. The second-order valence-corrected chi connectivity index (χ2v) is 9.77. The van der Waals surface area contributed by atoms with E-state index in [2.05, 4.69) is 54.0 Å². The summed E-state index contributed by atoms with van der Waals surface area (Å²) in [6.07, 6.45) is 9.46. The molecule has 0 amide bonds. The lowest BCUT2D eigenvalue weighted by Crippen LogP contribution is -2.43. The Balaban J connectivity index is 1.45. The van der Waals surface area contributed by atoms with Gasteiger partial charge in [-0.3, -0.25) is 0 Å². The van der Waals surface area contributed by atoms with Crippen LogP contribution in [0, 0.1) is 23.7 Å². The van der Waals surface area contributed by atoms with Crippen LogP contribution < -0.4 is 0 Å². The second kappa shape index (κ2) is 6.33. The summed E-state index contributed by atoms with van der Waals surface area (Å²) in [5.74, 6) is 0.957. The van der Waals surface area contributed by atoms with Gasteiger partial charge in [0.2, 0.25) is 0 Å². The minimum Gasteiger partial charge on any atom is -0.390 e. The standard InChI is InChI=1S/C25H31NO2/c1-16(12-19-13-17-6-3-4-8-23(17)26-19)20-14-22-21(9-11-24(22,2)27)25(28)10-5-7-18(20)15-25/h3-8,13,18,20-22,26-28H,1,9-12,14-15H2,2H3/t18-,20+,21+,22+,24+,25-/m1/s1. The molecule has 0 aliphatic heterocycles. The minimum atomic E-state index is -0.683. The van der Waals surface area contributed by atoms with Gasteiger partial charge in [-0.2, -0.15) is 0 Å². The first kappa shape index (κ1) is 18.2. The number of hydrogen-bond donors (Lipinski definition) is 3. The number of benzene rings is 1. The summed E-state index contributed by atoms with van der Waals surface area (Å²) in [6, 6.07) is 10.6. The van der Waals surface area contributed by atoms with Crippen LogP contribution in [0.15, 0.2) is 54.6 Å².